The van der Waals surface area contributed by atoms with Gasteiger partial charge in [-0.3, -0.25) is 9.69 Å². The molecule has 5 atom stereocenters. The van der Waals surface area contributed by atoms with Gasteiger partial charge >= 0.3 is 0 Å². The Morgan fingerprint density at radius 1 is 1.27 bits per heavy atom. The summed E-state index contributed by atoms with van der Waals surface area (Å²) in [6, 6.07) is 6.85. The average Bonchev–Trinajstić information content (AvgIpc) is 2.54. The molecule has 0 aromatic heterocycles. The van der Waals surface area contributed by atoms with E-state index in [0.717, 1.165) is 5.56 Å². The van der Waals surface area contributed by atoms with E-state index in [2.05, 4.69) is 5.32 Å². The molecule has 1 aromatic carbocycles. The number of nitrogens with one attached hydrogen (secondary N) is 1. The van der Waals surface area contributed by atoms with Crippen LogP contribution in [0.3, 0.4) is 0 Å². The first-order valence-corrected chi connectivity index (χ1v) is 7.13. The Morgan fingerprint density at radius 2 is 1.91 bits per heavy atom. The van der Waals surface area contributed by atoms with E-state index in [0.29, 0.717) is 0 Å². The quantitative estimate of drug-likeness (QED) is 0.574. The number of amides is 1. The maximum absolute atomic E-state index is 14.2. The number of carbonyl (C=O) groups excluding carboxylic acids is 1. The molecule has 2 rings (SSSR count). The van der Waals surface area contributed by atoms with Gasteiger partial charge in [0.25, 0.3) is 0 Å². The van der Waals surface area contributed by atoms with Crippen LogP contribution < -0.4 is 5.32 Å². The number of likely N-dealkylation sites (N-methyl/N-ethyl adjacent to an activating group) is 1. The number of piperidine rings is 1. The Balaban J connectivity index is 2.34. The molecule has 1 aliphatic heterocycles. The van der Waals surface area contributed by atoms with Crippen molar-refractivity contribution in [3.05, 3.63) is 35.9 Å². The predicted octanol–water partition coefficient (Wildman–Crippen LogP) is -0.962. The number of halogens is 1. The van der Waals surface area contributed by atoms with Crippen molar-refractivity contribution >= 4 is 5.91 Å². The van der Waals surface area contributed by atoms with Crippen LogP contribution in [0.5, 0.6) is 0 Å². The summed E-state index contributed by atoms with van der Waals surface area (Å²) in [7, 11) is 1.40. The topological polar surface area (TPSA) is 93.0 Å². The Kier molecular flexibility index (Phi) is 5.47. The van der Waals surface area contributed by atoms with E-state index in [-0.39, 0.29) is 6.54 Å². The van der Waals surface area contributed by atoms with Crippen molar-refractivity contribution in [2.45, 2.75) is 37.0 Å². The molecule has 0 radical (unpaired) electrons. The molecule has 1 aromatic rings. The highest BCUT2D eigenvalue weighted by atomic mass is 19.1. The zero-order chi connectivity index (χ0) is 16.3. The van der Waals surface area contributed by atoms with Gasteiger partial charge in [0.2, 0.25) is 5.91 Å². The molecule has 0 saturated carbocycles. The average molecular weight is 312 g/mol. The van der Waals surface area contributed by atoms with Crippen LogP contribution in [0.15, 0.2) is 30.3 Å². The molecule has 1 heterocycles. The molecule has 4 N–H and O–H groups in total. The molecule has 22 heavy (non-hydrogen) atoms. The molecule has 7 heteroatoms. The highest BCUT2D eigenvalue weighted by Crippen LogP contribution is 2.28. The summed E-state index contributed by atoms with van der Waals surface area (Å²) < 4.78 is 14.2. The second kappa shape index (κ2) is 7.15. The molecule has 6 nitrogen and oxygen atoms in total. The third kappa shape index (κ3) is 3.12. The summed E-state index contributed by atoms with van der Waals surface area (Å²) in [5, 5.41) is 31.8. The minimum Gasteiger partial charge on any atom is -0.395 e. The van der Waals surface area contributed by atoms with Gasteiger partial charge in [-0.2, -0.15) is 0 Å². The van der Waals surface area contributed by atoms with Gasteiger partial charge in [0, 0.05) is 13.6 Å². The van der Waals surface area contributed by atoms with Gasteiger partial charge in [-0.1, -0.05) is 30.3 Å². The minimum absolute atomic E-state index is 0.175. The Bertz CT molecular complexity index is 502. The zero-order valence-corrected chi connectivity index (χ0v) is 12.3. The molecule has 1 saturated heterocycles. The van der Waals surface area contributed by atoms with Crippen LogP contribution in [0.2, 0.25) is 0 Å². The fraction of sp³-hybridized carbons (Fsp3) is 0.533. The number of carbonyl (C=O) groups is 1. The Morgan fingerprint density at radius 3 is 2.45 bits per heavy atom. The second-order valence-electron chi connectivity index (χ2n) is 5.39. The van der Waals surface area contributed by atoms with Crippen molar-refractivity contribution in [3.63, 3.8) is 0 Å². The highest BCUT2D eigenvalue weighted by Gasteiger charge is 2.50. The van der Waals surface area contributed by atoms with E-state index < -0.39 is 43.0 Å². The third-order valence-corrected chi connectivity index (χ3v) is 4.06. The molecule has 0 spiro atoms. The SMILES string of the molecule is CNC(=O)[C@@H]1[C@@H](O)[C@@H](O)[C@@H](F)[C@@H](CO)N1Cc1ccccc1. The summed E-state index contributed by atoms with van der Waals surface area (Å²) in [6.45, 7) is -0.389. The largest absolute Gasteiger partial charge is 0.395 e. The summed E-state index contributed by atoms with van der Waals surface area (Å²) >= 11 is 0. The van der Waals surface area contributed by atoms with E-state index in [4.69, 9.17) is 0 Å². The van der Waals surface area contributed by atoms with Crippen LogP contribution in [-0.4, -0.2) is 70.2 Å². The van der Waals surface area contributed by atoms with Gasteiger partial charge < -0.3 is 20.6 Å². The minimum atomic E-state index is -1.84. The lowest BCUT2D eigenvalue weighted by molar-refractivity contribution is -0.166. The fourth-order valence-corrected chi connectivity index (χ4v) is 2.86. The van der Waals surface area contributed by atoms with E-state index in [9.17, 15) is 24.5 Å². The molecular weight excluding hydrogens is 291 g/mol. The molecule has 1 fully saturated rings. The van der Waals surface area contributed by atoms with E-state index in [1.807, 2.05) is 6.07 Å². The Labute approximate surface area is 128 Å². The van der Waals surface area contributed by atoms with Crippen molar-refractivity contribution in [1.82, 2.24) is 10.2 Å². The monoisotopic (exact) mass is 312 g/mol. The highest BCUT2D eigenvalue weighted by molar-refractivity contribution is 5.82. The Hall–Kier alpha value is -1.54. The molecule has 122 valence electrons. The maximum atomic E-state index is 14.2. The number of alkyl halides is 1. The number of aliphatic hydroxyl groups is 3. The van der Waals surface area contributed by atoms with E-state index >= 15 is 0 Å². The summed E-state index contributed by atoms with van der Waals surface area (Å²) in [5.41, 5.74) is 0.811. The van der Waals surface area contributed by atoms with Crippen molar-refractivity contribution in [3.8, 4) is 0 Å². The first-order valence-electron chi connectivity index (χ1n) is 7.13. The van der Waals surface area contributed by atoms with Crippen LogP contribution in [0.25, 0.3) is 0 Å². The number of rotatable bonds is 4. The predicted molar refractivity (Wildman–Crippen MR) is 77.6 cm³/mol. The summed E-state index contributed by atoms with van der Waals surface area (Å²) in [4.78, 5) is 13.5. The molecule has 0 unspecified atom stereocenters. The molecule has 0 aliphatic carbocycles. The van der Waals surface area contributed by atoms with E-state index in [1.54, 1.807) is 24.3 Å². The van der Waals surface area contributed by atoms with Crippen molar-refractivity contribution in [1.29, 1.82) is 0 Å². The first kappa shape index (κ1) is 16.8. The molecule has 0 bridgehead atoms. The summed E-state index contributed by atoms with van der Waals surface area (Å²) in [5.74, 6) is -0.534. The lowest BCUT2D eigenvalue weighted by Crippen LogP contribution is -2.69. The van der Waals surface area contributed by atoms with E-state index in [1.165, 1.54) is 11.9 Å². The second-order valence-corrected chi connectivity index (χ2v) is 5.39. The van der Waals surface area contributed by atoms with Crippen molar-refractivity contribution in [2.24, 2.45) is 0 Å². The van der Waals surface area contributed by atoms with Gasteiger partial charge in [0.1, 0.15) is 24.4 Å². The number of hydrogen-bond acceptors (Lipinski definition) is 5. The normalized spacial score (nSPS) is 32.7. The van der Waals surface area contributed by atoms with Crippen LogP contribution in [-0.2, 0) is 11.3 Å². The van der Waals surface area contributed by atoms with Crippen LogP contribution in [0, 0.1) is 0 Å². The number of benzene rings is 1. The van der Waals surface area contributed by atoms with Crippen molar-refractivity contribution < 1.29 is 24.5 Å². The number of likely N-dealkylation sites (tertiary alicyclic amines) is 1. The number of hydrogen-bond donors (Lipinski definition) is 4. The maximum Gasteiger partial charge on any atom is 0.239 e. The molecular formula is C15H21FN2O4. The lowest BCUT2D eigenvalue weighted by atomic mass is 9.88. The van der Waals surface area contributed by atoms with Crippen LogP contribution >= 0.6 is 0 Å². The number of nitrogens with zero attached hydrogens (tertiary/aromatic N) is 1. The van der Waals surface area contributed by atoms with Gasteiger partial charge in [-0.15, -0.1) is 0 Å². The van der Waals surface area contributed by atoms with Crippen molar-refractivity contribution in [2.75, 3.05) is 13.7 Å². The molecule has 1 amide bonds. The summed E-state index contributed by atoms with van der Waals surface area (Å²) in [6.07, 6.45) is -5.13. The zero-order valence-electron chi connectivity index (χ0n) is 12.3. The smallest absolute Gasteiger partial charge is 0.239 e. The third-order valence-electron chi connectivity index (χ3n) is 4.06. The van der Waals surface area contributed by atoms with Gasteiger partial charge in [-0.05, 0) is 5.56 Å². The standard InChI is InChI=1S/C15H21FN2O4/c1-17-15(22)12-14(21)13(20)11(16)10(8-19)18(12)7-9-5-3-2-4-6-9/h2-6,10-14,19-21H,7-8H2,1H3,(H,17,22)/t10-,11+,12+,13+,14-/m1/s1. The van der Waals surface area contributed by atoms with Crippen LogP contribution in [0.4, 0.5) is 4.39 Å². The van der Waals surface area contributed by atoms with Gasteiger partial charge in [0.05, 0.1) is 12.6 Å². The van der Waals surface area contributed by atoms with Crippen LogP contribution in [0.1, 0.15) is 5.56 Å². The van der Waals surface area contributed by atoms with Gasteiger partial charge in [-0.25, -0.2) is 4.39 Å². The first-order chi connectivity index (χ1) is 10.5. The number of aliphatic hydroxyl groups excluding tert-OH is 3. The lowest BCUT2D eigenvalue weighted by Gasteiger charge is -2.46. The fourth-order valence-electron chi connectivity index (χ4n) is 2.86. The molecule has 1 aliphatic rings. The van der Waals surface area contributed by atoms with Gasteiger partial charge in [0.15, 0.2) is 0 Å².